The smallest absolute Gasteiger partial charge is 0.0618 e. The Hall–Kier alpha value is -0.560. The molecule has 0 aromatic carbocycles. The normalized spacial score (nSPS) is 13.0. The Morgan fingerprint density at radius 3 is 2.56 bits per heavy atom. The standard InChI is InChI=1S/C8H14O/c1-3-5-8(4-2)6-7-9/h3,5-6,9H,4,7H2,1-2H3/b5-3+,8-6-. The van der Waals surface area contributed by atoms with E-state index in [4.69, 9.17) is 5.11 Å². The zero-order valence-electron chi connectivity index (χ0n) is 6.09. The summed E-state index contributed by atoms with van der Waals surface area (Å²) in [6.07, 6.45) is 6.80. The Kier molecular flexibility index (Phi) is 5.23. The van der Waals surface area contributed by atoms with Gasteiger partial charge in [-0.2, -0.15) is 0 Å². The summed E-state index contributed by atoms with van der Waals surface area (Å²) in [6, 6.07) is 0. The van der Waals surface area contributed by atoms with E-state index in [2.05, 4.69) is 6.92 Å². The van der Waals surface area contributed by atoms with Crippen molar-refractivity contribution in [2.45, 2.75) is 20.3 Å². The molecule has 9 heavy (non-hydrogen) atoms. The van der Waals surface area contributed by atoms with E-state index < -0.39 is 0 Å². The molecule has 1 nitrogen and oxygen atoms in total. The summed E-state index contributed by atoms with van der Waals surface area (Å²) in [5.41, 5.74) is 1.19. The first-order chi connectivity index (χ1) is 4.35. The van der Waals surface area contributed by atoms with Gasteiger partial charge in [-0.1, -0.05) is 30.7 Å². The first-order valence-electron chi connectivity index (χ1n) is 3.27. The van der Waals surface area contributed by atoms with Gasteiger partial charge in [0.2, 0.25) is 0 Å². The number of rotatable bonds is 3. The molecule has 0 amide bonds. The summed E-state index contributed by atoms with van der Waals surface area (Å²) < 4.78 is 0. The van der Waals surface area contributed by atoms with Crippen molar-refractivity contribution in [3.8, 4) is 0 Å². The first-order valence-corrected chi connectivity index (χ1v) is 3.27. The van der Waals surface area contributed by atoms with Crippen molar-refractivity contribution in [3.63, 3.8) is 0 Å². The highest BCUT2D eigenvalue weighted by Gasteiger charge is 1.82. The van der Waals surface area contributed by atoms with E-state index in [0.717, 1.165) is 6.42 Å². The molecule has 0 unspecified atom stereocenters. The molecule has 52 valence electrons. The first kappa shape index (κ1) is 8.44. The maximum absolute atomic E-state index is 8.48. The van der Waals surface area contributed by atoms with Gasteiger partial charge in [0.05, 0.1) is 6.61 Å². The minimum absolute atomic E-state index is 0.146. The van der Waals surface area contributed by atoms with Gasteiger partial charge in [0.1, 0.15) is 0 Å². The summed E-state index contributed by atoms with van der Waals surface area (Å²) in [5.74, 6) is 0. The molecular weight excluding hydrogens is 112 g/mol. The maximum Gasteiger partial charge on any atom is 0.0618 e. The minimum Gasteiger partial charge on any atom is -0.392 e. The molecule has 0 aromatic rings. The Morgan fingerprint density at radius 2 is 2.22 bits per heavy atom. The molecule has 0 aliphatic rings. The summed E-state index contributed by atoms with van der Waals surface area (Å²) in [6.45, 7) is 4.19. The van der Waals surface area contributed by atoms with Crippen LogP contribution < -0.4 is 0 Å². The van der Waals surface area contributed by atoms with Gasteiger partial charge < -0.3 is 5.11 Å². The van der Waals surface area contributed by atoms with Crippen LogP contribution in [0.3, 0.4) is 0 Å². The van der Waals surface area contributed by atoms with Crippen LogP contribution in [-0.4, -0.2) is 11.7 Å². The van der Waals surface area contributed by atoms with Crippen LogP contribution in [-0.2, 0) is 0 Å². The van der Waals surface area contributed by atoms with E-state index in [1.165, 1.54) is 5.57 Å². The molecule has 0 rings (SSSR count). The third-order valence-corrected chi connectivity index (χ3v) is 1.14. The molecular formula is C8H14O. The van der Waals surface area contributed by atoms with Crippen LogP contribution in [0, 0.1) is 0 Å². The lowest BCUT2D eigenvalue weighted by Crippen LogP contribution is -1.78. The molecule has 0 saturated carbocycles. The number of hydrogen-bond acceptors (Lipinski definition) is 1. The van der Waals surface area contributed by atoms with Crippen molar-refractivity contribution in [2.75, 3.05) is 6.61 Å². The zero-order valence-corrected chi connectivity index (χ0v) is 6.09. The van der Waals surface area contributed by atoms with Crippen molar-refractivity contribution in [1.29, 1.82) is 0 Å². The Balaban J connectivity index is 3.81. The number of allylic oxidation sites excluding steroid dienone is 3. The van der Waals surface area contributed by atoms with E-state index in [1.54, 1.807) is 0 Å². The molecule has 0 aliphatic carbocycles. The highest BCUT2D eigenvalue weighted by Crippen LogP contribution is 2.00. The second kappa shape index (κ2) is 5.57. The molecule has 0 radical (unpaired) electrons. The monoisotopic (exact) mass is 126 g/mol. The summed E-state index contributed by atoms with van der Waals surface area (Å²) in [7, 11) is 0. The number of hydrogen-bond donors (Lipinski definition) is 1. The summed E-state index contributed by atoms with van der Waals surface area (Å²) in [4.78, 5) is 0. The van der Waals surface area contributed by atoms with Crippen molar-refractivity contribution in [1.82, 2.24) is 0 Å². The highest BCUT2D eigenvalue weighted by atomic mass is 16.2. The van der Waals surface area contributed by atoms with E-state index in [-0.39, 0.29) is 6.61 Å². The molecule has 1 N–H and O–H groups in total. The average Bonchev–Trinajstić information content (AvgIpc) is 1.88. The van der Waals surface area contributed by atoms with Crippen LogP contribution in [0.25, 0.3) is 0 Å². The lowest BCUT2D eigenvalue weighted by atomic mass is 10.2. The Bertz CT molecular complexity index is 112. The fourth-order valence-corrected chi connectivity index (χ4v) is 0.662. The summed E-state index contributed by atoms with van der Waals surface area (Å²) in [5, 5.41) is 8.48. The molecule has 0 aromatic heterocycles. The van der Waals surface area contributed by atoms with Crippen molar-refractivity contribution in [3.05, 3.63) is 23.8 Å². The predicted octanol–water partition coefficient (Wildman–Crippen LogP) is 1.89. The number of aliphatic hydroxyl groups is 1. The predicted molar refractivity (Wildman–Crippen MR) is 40.3 cm³/mol. The average molecular weight is 126 g/mol. The van der Waals surface area contributed by atoms with Crippen molar-refractivity contribution < 1.29 is 5.11 Å². The fraction of sp³-hybridized carbons (Fsp3) is 0.500. The third-order valence-electron chi connectivity index (χ3n) is 1.14. The topological polar surface area (TPSA) is 20.2 Å². The van der Waals surface area contributed by atoms with E-state index in [9.17, 15) is 0 Å². The second-order valence-electron chi connectivity index (χ2n) is 1.82. The third kappa shape index (κ3) is 3.98. The van der Waals surface area contributed by atoms with Gasteiger partial charge >= 0.3 is 0 Å². The van der Waals surface area contributed by atoms with E-state index in [0.29, 0.717) is 0 Å². The molecule has 0 atom stereocenters. The minimum atomic E-state index is 0.146. The molecule has 0 saturated heterocycles. The van der Waals surface area contributed by atoms with Crippen LogP contribution in [0.5, 0.6) is 0 Å². The van der Waals surface area contributed by atoms with Crippen LogP contribution in [0.15, 0.2) is 23.8 Å². The molecule has 1 heteroatoms. The second-order valence-corrected chi connectivity index (χ2v) is 1.82. The van der Waals surface area contributed by atoms with E-state index in [1.807, 2.05) is 25.2 Å². The molecule has 0 heterocycles. The molecule has 0 fully saturated rings. The van der Waals surface area contributed by atoms with Crippen LogP contribution >= 0.6 is 0 Å². The van der Waals surface area contributed by atoms with Crippen molar-refractivity contribution in [2.24, 2.45) is 0 Å². The van der Waals surface area contributed by atoms with Crippen LogP contribution in [0.4, 0.5) is 0 Å². The van der Waals surface area contributed by atoms with Gasteiger partial charge in [0, 0.05) is 0 Å². The van der Waals surface area contributed by atoms with Gasteiger partial charge in [-0.05, 0) is 13.3 Å². The lowest BCUT2D eigenvalue weighted by Gasteiger charge is -1.92. The van der Waals surface area contributed by atoms with Gasteiger partial charge in [0.15, 0.2) is 0 Å². The molecule has 0 bridgehead atoms. The van der Waals surface area contributed by atoms with Crippen molar-refractivity contribution >= 4 is 0 Å². The van der Waals surface area contributed by atoms with Gasteiger partial charge in [0.25, 0.3) is 0 Å². The van der Waals surface area contributed by atoms with Gasteiger partial charge in [-0.3, -0.25) is 0 Å². The van der Waals surface area contributed by atoms with Crippen LogP contribution in [0.1, 0.15) is 20.3 Å². The van der Waals surface area contributed by atoms with Gasteiger partial charge in [-0.15, -0.1) is 0 Å². The fourth-order valence-electron chi connectivity index (χ4n) is 0.662. The molecule has 0 spiro atoms. The zero-order chi connectivity index (χ0) is 7.11. The Morgan fingerprint density at radius 1 is 1.56 bits per heavy atom. The quantitative estimate of drug-likeness (QED) is 0.572. The highest BCUT2D eigenvalue weighted by molar-refractivity contribution is 5.17. The Labute approximate surface area is 56.7 Å². The molecule has 0 aliphatic heterocycles. The SMILES string of the molecule is C/C=C/C(=C\CO)CC. The van der Waals surface area contributed by atoms with Crippen LogP contribution in [0.2, 0.25) is 0 Å². The number of aliphatic hydroxyl groups excluding tert-OH is 1. The lowest BCUT2D eigenvalue weighted by molar-refractivity contribution is 0.342. The largest absolute Gasteiger partial charge is 0.392 e. The van der Waals surface area contributed by atoms with Gasteiger partial charge in [-0.25, -0.2) is 0 Å². The van der Waals surface area contributed by atoms with E-state index >= 15 is 0 Å². The maximum atomic E-state index is 8.48. The summed E-state index contributed by atoms with van der Waals surface area (Å²) >= 11 is 0.